The first-order valence-corrected chi connectivity index (χ1v) is 8.96. The number of ketones is 1. The van der Waals surface area contributed by atoms with E-state index in [-0.39, 0.29) is 29.5 Å². The molecular weight excluding hydrogens is 342 g/mol. The fourth-order valence-electron chi connectivity index (χ4n) is 3.42. The second-order valence-electron chi connectivity index (χ2n) is 6.71. The number of hydrogen-bond donors (Lipinski definition) is 0. The monoisotopic (exact) mass is 363 g/mol. The Balaban J connectivity index is 2.04. The van der Waals surface area contributed by atoms with Gasteiger partial charge in [0, 0.05) is 12.2 Å². The second-order valence-corrected chi connectivity index (χ2v) is 7.12. The van der Waals surface area contributed by atoms with Gasteiger partial charge in [-0.2, -0.15) is 0 Å². The van der Waals surface area contributed by atoms with E-state index in [4.69, 9.17) is 20.8 Å². The number of ether oxygens (including phenoxy) is 1. The molecule has 0 aromatic carbocycles. The number of halogens is 1. The highest BCUT2D eigenvalue weighted by Crippen LogP contribution is 2.33. The molecule has 3 heterocycles. The van der Waals surface area contributed by atoms with Crippen molar-refractivity contribution >= 4 is 23.4 Å². The Morgan fingerprint density at radius 3 is 2.76 bits per heavy atom. The zero-order chi connectivity index (χ0) is 18.1. The maximum Gasteiger partial charge on any atom is 0.315 e. The largest absolute Gasteiger partial charge is 0.462 e. The van der Waals surface area contributed by atoms with E-state index < -0.39 is 0 Å². The zero-order valence-electron chi connectivity index (χ0n) is 14.7. The van der Waals surface area contributed by atoms with Crippen LogP contribution in [-0.4, -0.2) is 22.4 Å². The van der Waals surface area contributed by atoms with Gasteiger partial charge in [0.1, 0.15) is 0 Å². The lowest BCUT2D eigenvalue weighted by molar-refractivity contribution is -0.149. The van der Waals surface area contributed by atoms with E-state index in [1.54, 1.807) is 6.07 Å². The Morgan fingerprint density at radius 2 is 2.12 bits per heavy atom. The molecule has 0 N–H and O–H groups in total. The number of fused-ring (bicyclic) bond motifs is 1. The van der Waals surface area contributed by atoms with Crippen molar-refractivity contribution in [3.8, 4) is 0 Å². The smallest absolute Gasteiger partial charge is 0.315 e. The van der Waals surface area contributed by atoms with Crippen molar-refractivity contribution in [1.29, 1.82) is 0 Å². The number of carbonyl (C=O) groups excluding carboxylic acids is 2. The number of furan rings is 1. The predicted octanol–water partition coefficient (Wildman–Crippen LogP) is 4.49. The molecule has 134 valence electrons. The van der Waals surface area contributed by atoms with Gasteiger partial charge in [0.05, 0.1) is 29.0 Å². The summed E-state index contributed by atoms with van der Waals surface area (Å²) in [5.74, 6) is -0.698. The molecule has 0 spiro atoms. The number of nitrogens with zero attached hydrogens (tertiary/aromatic N) is 1. The Hall–Kier alpha value is -2.01. The van der Waals surface area contributed by atoms with E-state index in [1.165, 1.54) is 6.26 Å². The molecule has 0 fully saturated rings. The van der Waals surface area contributed by atoms with Crippen LogP contribution in [0, 0.1) is 6.92 Å². The molecule has 0 aliphatic carbocycles. The molecule has 6 heteroatoms. The van der Waals surface area contributed by atoms with E-state index in [2.05, 4.69) is 0 Å². The molecule has 2 aromatic rings. The molecule has 3 rings (SSSR count). The van der Waals surface area contributed by atoms with Crippen LogP contribution in [0.2, 0.25) is 5.02 Å². The molecule has 25 heavy (non-hydrogen) atoms. The van der Waals surface area contributed by atoms with Crippen LogP contribution in [-0.2, 0) is 16.1 Å². The topological polar surface area (TPSA) is 61.4 Å². The van der Waals surface area contributed by atoms with Crippen molar-refractivity contribution in [1.82, 2.24) is 4.57 Å². The van der Waals surface area contributed by atoms with E-state index in [9.17, 15) is 9.59 Å². The molecule has 0 radical (unpaired) electrons. The molecule has 5 nitrogen and oxygen atoms in total. The number of carbonyl (C=O) groups is 2. The van der Waals surface area contributed by atoms with Crippen LogP contribution in [0.3, 0.4) is 0 Å². The highest BCUT2D eigenvalue weighted by atomic mass is 35.5. The Kier molecular flexibility index (Phi) is 5.04. The first-order valence-electron chi connectivity index (χ1n) is 8.58. The molecule has 1 unspecified atom stereocenters. The van der Waals surface area contributed by atoms with Crippen molar-refractivity contribution in [2.45, 2.75) is 58.6 Å². The summed E-state index contributed by atoms with van der Waals surface area (Å²) in [7, 11) is 0. The predicted molar refractivity (Wildman–Crippen MR) is 94.1 cm³/mol. The van der Waals surface area contributed by atoms with Crippen molar-refractivity contribution < 1.29 is 18.7 Å². The standard InChI is InChI=1S/C19H22ClNO4/c1-11(2)25-19(23)13-6-4-5-8-21-15(13)10-12(3)16(21)17(22)18-14(20)7-9-24-18/h7,9-11,13H,4-6,8H2,1-3H3. The zero-order valence-corrected chi connectivity index (χ0v) is 15.4. The normalized spacial score (nSPS) is 17.2. The fourth-order valence-corrected chi connectivity index (χ4v) is 3.61. The van der Waals surface area contributed by atoms with Gasteiger partial charge in [-0.1, -0.05) is 18.0 Å². The van der Waals surface area contributed by atoms with Gasteiger partial charge in [-0.15, -0.1) is 0 Å². The quantitative estimate of drug-likeness (QED) is 0.593. The summed E-state index contributed by atoms with van der Waals surface area (Å²) in [5.41, 5.74) is 2.19. The number of aromatic nitrogens is 1. The number of esters is 1. The number of hydrogen-bond acceptors (Lipinski definition) is 4. The third kappa shape index (κ3) is 3.38. The average Bonchev–Trinajstić information content (AvgIpc) is 3.03. The third-order valence-corrected chi connectivity index (χ3v) is 4.77. The molecule has 0 amide bonds. The molecule has 0 bridgehead atoms. The van der Waals surface area contributed by atoms with Gasteiger partial charge in [-0.25, -0.2) is 0 Å². The van der Waals surface area contributed by atoms with Gasteiger partial charge in [0.2, 0.25) is 5.78 Å². The van der Waals surface area contributed by atoms with Crippen LogP contribution in [0.5, 0.6) is 0 Å². The average molecular weight is 364 g/mol. The second kappa shape index (κ2) is 7.08. The molecule has 0 saturated carbocycles. The third-order valence-electron chi connectivity index (χ3n) is 4.48. The molecule has 0 saturated heterocycles. The summed E-state index contributed by atoms with van der Waals surface area (Å²) in [6.07, 6.45) is 3.78. The van der Waals surface area contributed by atoms with Gasteiger partial charge >= 0.3 is 5.97 Å². The SMILES string of the molecule is Cc1cc2n(c1C(=O)c1occc1Cl)CCCCC2C(=O)OC(C)C. The van der Waals surface area contributed by atoms with E-state index >= 15 is 0 Å². The lowest BCUT2D eigenvalue weighted by atomic mass is 9.99. The first-order chi connectivity index (χ1) is 11.9. The summed E-state index contributed by atoms with van der Waals surface area (Å²) in [5, 5.41) is 0.296. The minimum absolute atomic E-state index is 0.135. The van der Waals surface area contributed by atoms with Crippen LogP contribution in [0.4, 0.5) is 0 Å². The van der Waals surface area contributed by atoms with Crippen LogP contribution < -0.4 is 0 Å². The van der Waals surface area contributed by atoms with Crippen molar-refractivity contribution in [3.63, 3.8) is 0 Å². The van der Waals surface area contributed by atoms with Gasteiger partial charge in [0.25, 0.3) is 0 Å². The molecule has 2 aromatic heterocycles. The van der Waals surface area contributed by atoms with E-state index in [1.807, 2.05) is 31.4 Å². The minimum atomic E-state index is -0.350. The molecular formula is C19H22ClNO4. The summed E-state index contributed by atoms with van der Waals surface area (Å²) < 4.78 is 12.6. The highest BCUT2D eigenvalue weighted by Gasteiger charge is 2.32. The van der Waals surface area contributed by atoms with Gasteiger partial charge in [0.15, 0.2) is 5.76 Å². The van der Waals surface area contributed by atoms with Crippen LogP contribution in [0.25, 0.3) is 0 Å². The molecule has 1 aliphatic rings. The summed E-state index contributed by atoms with van der Waals surface area (Å²) in [6, 6.07) is 3.47. The first kappa shape index (κ1) is 17.8. The lowest BCUT2D eigenvalue weighted by Crippen LogP contribution is -2.21. The number of aryl methyl sites for hydroxylation is 1. The van der Waals surface area contributed by atoms with Gasteiger partial charge < -0.3 is 13.7 Å². The van der Waals surface area contributed by atoms with E-state index in [0.717, 1.165) is 30.5 Å². The maximum absolute atomic E-state index is 12.9. The van der Waals surface area contributed by atoms with Crippen LogP contribution in [0.15, 0.2) is 22.8 Å². The summed E-state index contributed by atoms with van der Waals surface area (Å²) >= 11 is 6.06. The minimum Gasteiger partial charge on any atom is -0.462 e. The van der Waals surface area contributed by atoms with Crippen molar-refractivity contribution in [2.24, 2.45) is 0 Å². The van der Waals surface area contributed by atoms with Crippen LogP contribution >= 0.6 is 11.6 Å². The fraction of sp³-hybridized carbons (Fsp3) is 0.474. The lowest BCUT2D eigenvalue weighted by Gasteiger charge is -2.17. The summed E-state index contributed by atoms with van der Waals surface area (Å²) in [4.78, 5) is 25.5. The van der Waals surface area contributed by atoms with E-state index in [0.29, 0.717) is 17.3 Å². The van der Waals surface area contributed by atoms with Gasteiger partial charge in [-0.3, -0.25) is 9.59 Å². The van der Waals surface area contributed by atoms with Gasteiger partial charge in [-0.05, 0) is 51.3 Å². The Morgan fingerprint density at radius 1 is 1.36 bits per heavy atom. The van der Waals surface area contributed by atoms with Crippen molar-refractivity contribution in [3.05, 3.63) is 46.1 Å². The Labute approximate surface area is 151 Å². The highest BCUT2D eigenvalue weighted by molar-refractivity contribution is 6.34. The van der Waals surface area contributed by atoms with Crippen LogP contribution in [0.1, 0.15) is 66.5 Å². The van der Waals surface area contributed by atoms with Crippen molar-refractivity contribution in [2.75, 3.05) is 0 Å². The molecule has 1 atom stereocenters. The number of rotatable bonds is 4. The summed E-state index contributed by atoms with van der Waals surface area (Å²) in [6.45, 7) is 6.24. The molecule has 1 aliphatic heterocycles. The maximum atomic E-state index is 12.9. The Bertz CT molecular complexity index is 802.